The van der Waals surface area contributed by atoms with Crippen LogP contribution < -0.4 is 5.73 Å². The van der Waals surface area contributed by atoms with Crippen LogP contribution in [0.15, 0.2) is 24.3 Å². The molecule has 0 amide bonds. The first-order valence-electron chi connectivity index (χ1n) is 4.15. The van der Waals surface area contributed by atoms with Gasteiger partial charge in [0, 0.05) is 18.2 Å². The van der Waals surface area contributed by atoms with Crippen LogP contribution in [0.2, 0.25) is 0 Å². The van der Waals surface area contributed by atoms with Crippen LogP contribution in [0.25, 0.3) is 0 Å². The zero-order valence-corrected chi connectivity index (χ0v) is 8.66. The minimum Gasteiger partial charge on any atom is -0.324 e. The first-order chi connectivity index (χ1) is 6.15. The van der Waals surface area contributed by atoms with Crippen LogP contribution in [0.5, 0.6) is 0 Å². The molecule has 78 valence electrons. The Morgan fingerprint density at radius 1 is 1.57 bits per heavy atom. The number of rotatable bonds is 3. The van der Waals surface area contributed by atoms with Crippen molar-refractivity contribution in [1.82, 2.24) is 0 Å². The summed E-state index contributed by atoms with van der Waals surface area (Å²) in [6.07, 6.45) is 0.779. The van der Waals surface area contributed by atoms with Gasteiger partial charge in [-0.05, 0) is 12.0 Å². The van der Waals surface area contributed by atoms with Gasteiger partial charge in [-0.1, -0.05) is 19.1 Å². The molecule has 0 aromatic heterocycles. The second-order valence-corrected chi connectivity index (χ2v) is 2.87. The maximum Gasteiger partial charge on any atom is 0.269 e. The van der Waals surface area contributed by atoms with Gasteiger partial charge in [-0.25, -0.2) is 0 Å². The van der Waals surface area contributed by atoms with Crippen LogP contribution in [0, 0.1) is 10.1 Å². The highest BCUT2D eigenvalue weighted by Crippen LogP contribution is 2.19. The van der Waals surface area contributed by atoms with Gasteiger partial charge < -0.3 is 5.73 Å². The fourth-order valence-electron chi connectivity index (χ4n) is 1.10. The van der Waals surface area contributed by atoms with Gasteiger partial charge in [0.15, 0.2) is 0 Å². The molecule has 14 heavy (non-hydrogen) atoms. The topological polar surface area (TPSA) is 69.2 Å². The number of nitrogens with zero attached hydrogens (tertiary/aromatic N) is 1. The predicted molar refractivity (Wildman–Crippen MR) is 57.6 cm³/mol. The van der Waals surface area contributed by atoms with E-state index in [2.05, 4.69) is 0 Å². The van der Waals surface area contributed by atoms with Crippen molar-refractivity contribution in [3.8, 4) is 0 Å². The van der Waals surface area contributed by atoms with E-state index < -0.39 is 4.92 Å². The molecule has 0 unspecified atom stereocenters. The summed E-state index contributed by atoms with van der Waals surface area (Å²) in [5, 5.41) is 10.4. The fourth-order valence-corrected chi connectivity index (χ4v) is 1.10. The van der Waals surface area contributed by atoms with Crippen LogP contribution >= 0.6 is 12.4 Å². The van der Waals surface area contributed by atoms with Crippen molar-refractivity contribution in [2.75, 3.05) is 0 Å². The molecular formula is C9H13ClN2O2. The lowest BCUT2D eigenvalue weighted by molar-refractivity contribution is -0.384. The number of benzene rings is 1. The largest absolute Gasteiger partial charge is 0.324 e. The van der Waals surface area contributed by atoms with Crippen LogP contribution in [-0.4, -0.2) is 4.92 Å². The Kier molecular flexibility index (Phi) is 5.12. The van der Waals surface area contributed by atoms with Crippen molar-refractivity contribution in [3.05, 3.63) is 39.9 Å². The first kappa shape index (κ1) is 12.9. The van der Waals surface area contributed by atoms with Crippen molar-refractivity contribution in [1.29, 1.82) is 0 Å². The Labute approximate surface area is 88.7 Å². The number of nitrogens with two attached hydrogens (primary N) is 1. The number of halogens is 1. The van der Waals surface area contributed by atoms with Gasteiger partial charge in [0.2, 0.25) is 0 Å². The van der Waals surface area contributed by atoms with Crippen molar-refractivity contribution >= 4 is 18.1 Å². The molecule has 1 aromatic carbocycles. The second-order valence-electron chi connectivity index (χ2n) is 2.87. The van der Waals surface area contributed by atoms with E-state index in [1.165, 1.54) is 12.1 Å². The lowest BCUT2D eigenvalue weighted by Gasteiger charge is -2.07. The smallest absolute Gasteiger partial charge is 0.269 e. The molecule has 1 rings (SSSR count). The highest BCUT2D eigenvalue weighted by Gasteiger charge is 2.08. The second kappa shape index (κ2) is 5.57. The van der Waals surface area contributed by atoms with Gasteiger partial charge in [0.05, 0.1) is 4.92 Å². The van der Waals surface area contributed by atoms with Gasteiger partial charge in [0.25, 0.3) is 5.69 Å². The molecule has 0 bridgehead atoms. The molecule has 0 aliphatic carbocycles. The van der Waals surface area contributed by atoms with E-state index in [1.807, 2.05) is 6.92 Å². The molecule has 5 heteroatoms. The standard InChI is InChI=1S/C9H12N2O2.ClH/c1-2-9(10)7-4-3-5-8(6-7)11(12)13;/h3-6,9H,2,10H2,1H3;1H/t9-;/m1./s1. The molecule has 4 nitrogen and oxygen atoms in total. The molecule has 2 N–H and O–H groups in total. The number of nitro benzene ring substituents is 1. The van der Waals surface area contributed by atoms with E-state index in [1.54, 1.807) is 12.1 Å². The van der Waals surface area contributed by atoms with Gasteiger partial charge >= 0.3 is 0 Å². The minimum atomic E-state index is -0.411. The van der Waals surface area contributed by atoms with Gasteiger partial charge in [0.1, 0.15) is 0 Å². The quantitative estimate of drug-likeness (QED) is 0.623. The average Bonchev–Trinajstić information content (AvgIpc) is 2.17. The third-order valence-corrected chi connectivity index (χ3v) is 1.95. The predicted octanol–water partition coefficient (Wildman–Crippen LogP) is 2.43. The fraction of sp³-hybridized carbons (Fsp3) is 0.333. The van der Waals surface area contributed by atoms with Crippen LogP contribution in [0.1, 0.15) is 24.9 Å². The summed E-state index contributed by atoms with van der Waals surface area (Å²) < 4.78 is 0. The van der Waals surface area contributed by atoms with Gasteiger partial charge in [-0.15, -0.1) is 12.4 Å². The Balaban J connectivity index is 0.00000169. The average molecular weight is 217 g/mol. The Morgan fingerprint density at radius 3 is 2.71 bits per heavy atom. The maximum atomic E-state index is 10.4. The Hall–Kier alpha value is -1.13. The van der Waals surface area contributed by atoms with Crippen LogP contribution in [-0.2, 0) is 0 Å². The molecule has 0 aliphatic rings. The minimum absolute atomic E-state index is 0. The zero-order chi connectivity index (χ0) is 9.84. The summed E-state index contributed by atoms with van der Waals surface area (Å²) in [5.74, 6) is 0. The van der Waals surface area contributed by atoms with Crippen molar-refractivity contribution in [2.24, 2.45) is 5.73 Å². The SMILES string of the molecule is CC[C@@H](N)c1cccc([N+](=O)[O-])c1.Cl. The molecule has 0 aliphatic heterocycles. The van der Waals surface area contributed by atoms with Crippen LogP contribution in [0.4, 0.5) is 5.69 Å². The number of nitro groups is 1. The third kappa shape index (κ3) is 2.97. The lowest BCUT2D eigenvalue weighted by Crippen LogP contribution is -2.08. The third-order valence-electron chi connectivity index (χ3n) is 1.95. The van der Waals surface area contributed by atoms with E-state index in [9.17, 15) is 10.1 Å². The van der Waals surface area contributed by atoms with Gasteiger partial charge in [-0.3, -0.25) is 10.1 Å². The summed E-state index contributed by atoms with van der Waals surface area (Å²) in [6.45, 7) is 1.95. The molecule has 0 saturated carbocycles. The molecule has 0 saturated heterocycles. The molecule has 0 spiro atoms. The van der Waals surface area contributed by atoms with Crippen LogP contribution in [0.3, 0.4) is 0 Å². The number of hydrogen-bond donors (Lipinski definition) is 1. The summed E-state index contributed by atoms with van der Waals surface area (Å²) in [7, 11) is 0. The van der Waals surface area contributed by atoms with E-state index in [0.717, 1.165) is 12.0 Å². The Morgan fingerprint density at radius 2 is 2.21 bits per heavy atom. The molecule has 1 atom stereocenters. The van der Waals surface area contributed by atoms with E-state index in [-0.39, 0.29) is 24.1 Å². The first-order valence-corrected chi connectivity index (χ1v) is 4.15. The lowest BCUT2D eigenvalue weighted by atomic mass is 10.1. The summed E-state index contributed by atoms with van der Waals surface area (Å²) >= 11 is 0. The monoisotopic (exact) mass is 216 g/mol. The zero-order valence-electron chi connectivity index (χ0n) is 7.84. The summed E-state index contributed by atoms with van der Waals surface area (Å²) in [4.78, 5) is 10.0. The maximum absolute atomic E-state index is 10.4. The summed E-state index contributed by atoms with van der Waals surface area (Å²) in [6, 6.07) is 6.34. The molecular weight excluding hydrogens is 204 g/mol. The van der Waals surface area contributed by atoms with Crippen molar-refractivity contribution in [2.45, 2.75) is 19.4 Å². The molecule has 0 fully saturated rings. The Bertz CT molecular complexity index is 317. The normalized spacial score (nSPS) is 11.6. The van der Waals surface area contributed by atoms with E-state index in [0.29, 0.717) is 0 Å². The number of non-ortho nitro benzene ring substituents is 1. The molecule has 0 heterocycles. The van der Waals surface area contributed by atoms with Crippen molar-refractivity contribution in [3.63, 3.8) is 0 Å². The molecule has 1 aromatic rings. The van der Waals surface area contributed by atoms with Crippen molar-refractivity contribution < 1.29 is 4.92 Å². The van der Waals surface area contributed by atoms with E-state index >= 15 is 0 Å². The highest BCUT2D eigenvalue weighted by molar-refractivity contribution is 5.85. The number of hydrogen-bond acceptors (Lipinski definition) is 3. The summed E-state index contributed by atoms with van der Waals surface area (Å²) in [5.41, 5.74) is 6.66. The highest BCUT2D eigenvalue weighted by atomic mass is 35.5. The van der Waals surface area contributed by atoms with E-state index in [4.69, 9.17) is 5.73 Å². The van der Waals surface area contributed by atoms with Gasteiger partial charge in [-0.2, -0.15) is 0 Å². The molecule has 0 radical (unpaired) electrons.